The summed E-state index contributed by atoms with van der Waals surface area (Å²) < 4.78 is 5.21. The molecule has 2 rings (SSSR count). The van der Waals surface area contributed by atoms with Crippen LogP contribution in [0.5, 0.6) is 0 Å². The third-order valence-electron chi connectivity index (χ3n) is 4.27. The largest absolute Gasteiger partial charge is 0.455 e. The monoisotopic (exact) mass is 353 g/mol. The average Bonchev–Trinajstić information content (AvgIpc) is 2.61. The molecule has 4 heteroatoms. The first-order valence-corrected chi connectivity index (χ1v) is 8.93. The van der Waals surface area contributed by atoms with Gasteiger partial charge in [0.1, 0.15) is 0 Å². The van der Waals surface area contributed by atoms with Gasteiger partial charge in [-0.1, -0.05) is 70.2 Å². The highest BCUT2D eigenvalue weighted by Crippen LogP contribution is 2.23. The number of esters is 1. The molecule has 2 aromatic carbocycles. The first-order chi connectivity index (χ1) is 12.3. The molecule has 0 heterocycles. The molecule has 0 aliphatic heterocycles. The number of hydrogen-bond acceptors (Lipinski definition) is 3. The highest BCUT2D eigenvalue weighted by atomic mass is 16.5. The van der Waals surface area contributed by atoms with E-state index in [0.29, 0.717) is 12.1 Å². The molecular formula is C22H27NO3. The van der Waals surface area contributed by atoms with Gasteiger partial charge >= 0.3 is 5.97 Å². The molecule has 0 aromatic heterocycles. The zero-order valence-electron chi connectivity index (χ0n) is 15.9. The van der Waals surface area contributed by atoms with Crippen LogP contribution in [0.1, 0.15) is 51.2 Å². The highest BCUT2D eigenvalue weighted by Gasteiger charge is 2.21. The van der Waals surface area contributed by atoms with Gasteiger partial charge < -0.3 is 10.1 Å². The molecule has 0 radical (unpaired) electrons. The topological polar surface area (TPSA) is 55.4 Å². The van der Waals surface area contributed by atoms with E-state index in [0.717, 1.165) is 5.56 Å². The van der Waals surface area contributed by atoms with Crippen LogP contribution in [0.25, 0.3) is 0 Å². The van der Waals surface area contributed by atoms with Crippen molar-refractivity contribution >= 4 is 17.6 Å². The fourth-order valence-corrected chi connectivity index (χ4v) is 2.71. The number of nitrogens with one attached hydrogen (secondary N) is 1. The molecule has 0 saturated carbocycles. The molecule has 0 saturated heterocycles. The molecule has 1 N–H and O–H groups in total. The standard InChI is InChI=1S/C22H27NO3/c1-5-19(16-9-7-6-8-10-16)21(25)26-15-20(24)23-18-13-11-17(12-14-18)22(2,3)4/h6-14,19H,5,15H2,1-4H3,(H,23,24)/t19-/m0/s1. The Morgan fingerprint density at radius 1 is 1.00 bits per heavy atom. The lowest BCUT2D eigenvalue weighted by Crippen LogP contribution is -2.24. The SMILES string of the molecule is CC[C@H](C(=O)OCC(=O)Nc1ccc(C(C)(C)C)cc1)c1ccccc1. The number of benzene rings is 2. The van der Waals surface area contributed by atoms with E-state index < -0.39 is 0 Å². The fraction of sp³-hybridized carbons (Fsp3) is 0.364. The van der Waals surface area contributed by atoms with Crippen molar-refractivity contribution in [1.82, 2.24) is 0 Å². The number of carbonyl (C=O) groups is 2. The van der Waals surface area contributed by atoms with Gasteiger partial charge in [0.2, 0.25) is 0 Å². The van der Waals surface area contributed by atoms with Gasteiger partial charge in [0.05, 0.1) is 5.92 Å². The summed E-state index contributed by atoms with van der Waals surface area (Å²) in [5.74, 6) is -1.07. The second-order valence-corrected chi connectivity index (χ2v) is 7.35. The summed E-state index contributed by atoms with van der Waals surface area (Å²) in [7, 11) is 0. The predicted octanol–water partition coefficient (Wildman–Crippen LogP) is 4.66. The van der Waals surface area contributed by atoms with Crippen LogP contribution in [0.4, 0.5) is 5.69 Å². The lowest BCUT2D eigenvalue weighted by Gasteiger charge is -2.19. The minimum atomic E-state index is -0.378. The quantitative estimate of drug-likeness (QED) is 0.769. The number of rotatable bonds is 6. The van der Waals surface area contributed by atoms with E-state index in [4.69, 9.17) is 4.74 Å². The van der Waals surface area contributed by atoms with Crippen LogP contribution >= 0.6 is 0 Å². The van der Waals surface area contributed by atoms with E-state index in [1.165, 1.54) is 5.56 Å². The molecule has 4 nitrogen and oxygen atoms in total. The van der Waals surface area contributed by atoms with Gasteiger partial charge in [-0.2, -0.15) is 0 Å². The van der Waals surface area contributed by atoms with Crippen molar-refractivity contribution in [3.05, 3.63) is 65.7 Å². The summed E-state index contributed by atoms with van der Waals surface area (Å²) in [5.41, 5.74) is 2.84. The van der Waals surface area contributed by atoms with Crippen LogP contribution in [-0.4, -0.2) is 18.5 Å². The molecule has 0 aliphatic carbocycles. The van der Waals surface area contributed by atoms with E-state index in [2.05, 4.69) is 26.1 Å². The smallest absolute Gasteiger partial charge is 0.313 e. The molecule has 0 bridgehead atoms. The first kappa shape index (κ1) is 19.7. The number of anilines is 1. The van der Waals surface area contributed by atoms with Crippen LogP contribution in [0.2, 0.25) is 0 Å². The Labute approximate surface area is 155 Å². The Bertz CT molecular complexity index is 730. The van der Waals surface area contributed by atoms with Crippen molar-refractivity contribution in [2.75, 3.05) is 11.9 Å². The van der Waals surface area contributed by atoms with Gasteiger partial charge in [0, 0.05) is 5.69 Å². The molecule has 2 aromatic rings. The zero-order chi connectivity index (χ0) is 19.2. The molecule has 138 valence electrons. The second kappa shape index (κ2) is 8.65. The molecule has 0 unspecified atom stereocenters. The van der Waals surface area contributed by atoms with Crippen LogP contribution in [0.15, 0.2) is 54.6 Å². The molecule has 26 heavy (non-hydrogen) atoms. The van der Waals surface area contributed by atoms with E-state index >= 15 is 0 Å². The first-order valence-electron chi connectivity index (χ1n) is 8.93. The van der Waals surface area contributed by atoms with Gasteiger partial charge in [0.15, 0.2) is 6.61 Å². The van der Waals surface area contributed by atoms with Crippen molar-refractivity contribution in [1.29, 1.82) is 0 Å². The van der Waals surface area contributed by atoms with Crippen LogP contribution in [0, 0.1) is 0 Å². The Kier molecular flexibility index (Phi) is 6.56. The lowest BCUT2D eigenvalue weighted by atomic mass is 9.87. The fourth-order valence-electron chi connectivity index (χ4n) is 2.71. The Morgan fingerprint density at radius 3 is 2.15 bits per heavy atom. The molecule has 1 amide bonds. The number of hydrogen-bond donors (Lipinski definition) is 1. The van der Waals surface area contributed by atoms with Crippen LogP contribution in [-0.2, 0) is 19.7 Å². The van der Waals surface area contributed by atoms with Crippen molar-refractivity contribution in [2.24, 2.45) is 0 Å². The Hall–Kier alpha value is -2.62. The van der Waals surface area contributed by atoms with Gasteiger partial charge in [0.25, 0.3) is 5.91 Å². The molecule has 0 spiro atoms. The minimum absolute atomic E-state index is 0.0602. The summed E-state index contributed by atoms with van der Waals surface area (Å²) in [6, 6.07) is 17.2. The minimum Gasteiger partial charge on any atom is -0.455 e. The third kappa shape index (κ3) is 5.45. The van der Waals surface area contributed by atoms with Crippen molar-refractivity contribution in [3.63, 3.8) is 0 Å². The number of ether oxygens (including phenoxy) is 1. The Balaban J connectivity index is 1.89. The highest BCUT2D eigenvalue weighted by molar-refractivity contribution is 5.93. The van der Waals surface area contributed by atoms with Gasteiger partial charge in [-0.3, -0.25) is 9.59 Å². The van der Waals surface area contributed by atoms with E-state index in [1.807, 2.05) is 61.5 Å². The van der Waals surface area contributed by atoms with Gasteiger partial charge in [-0.05, 0) is 35.1 Å². The number of carbonyl (C=O) groups excluding carboxylic acids is 2. The molecule has 1 atom stereocenters. The average molecular weight is 353 g/mol. The molecular weight excluding hydrogens is 326 g/mol. The third-order valence-corrected chi connectivity index (χ3v) is 4.27. The molecule has 0 fully saturated rings. The van der Waals surface area contributed by atoms with Gasteiger partial charge in [-0.15, -0.1) is 0 Å². The lowest BCUT2D eigenvalue weighted by molar-refractivity contribution is -0.149. The zero-order valence-corrected chi connectivity index (χ0v) is 15.9. The van der Waals surface area contributed by atoms with Crippen molar-refractivity contribution in [2.45, 2.75) is 45.4 Å². The van der Waals surface area contributed by atoms with Gasteiger partial charge in [-0.25, -0.2) is 0 Å². The maximum Gasteiger partial charge on any atom is 0.313 e. The summed E-state index contributed by atoms with van der Waals surface area (Å²) >= 11 is 0. The van der Waals surface area contributed by atoms with E-state index in [9.17, 15) is 9.59 Å². The van der Waals surface area contributed by atoms with Crippen LogP contribution in [0.3, 0.4) is 0 Å². The summed E-state index contributed by atoms with van der Waals surface area (Å²) in [6.07, 6.45) is 0.624. The predicted molar refractivity (Wildman–Crippen MR) is 104 cm³/mol. The summed E-state index contributed by atoms with van der Waals surface area (Å²) in [4.78, 5) is 24.3. The second-order valence-electron chi connectivity index (χ2n) is 7.35. The summed E-state index contributed by atoms with van der Waals surface area (Å²) in [6.45, 7) is 8.05. The number of amides is 1. The van der Waals surface area contributed by atoms with Crippen molar-refractivity contribution < 1.29 is 14.3 Å². The van der Waals surface area contributed by atoms with Crippen LogP contribution < -0.4 is 5.32 Å². The Morgan fingerprint density at radius 2 is 1.62 bits per heavy atom. The van der Waals surface area contributed by atoms with E-state index in [1.54, 1.807) is 0 Å². The van der Waals surface area contributed by atoms with Crippen molar-refractivity contribution in [3.8, 4) is 0 Å². The van der Waals surface area contributed by atoms with E-state index in [-0.39, 0.29) is 29.8 Å². The normalized spacial score (nSPS) is 12.3. The summed E-state index contributed by atoms with van der Waals surface area (Å²) in [5, 5.41) is 2.76. The maximum absolute atomic E-state index is 12.3. The molecule has 0 aliphatic rings. The maximum atomic E-state index is 12.3.